The molecule has 1 aliphatic rings. The summed E-state index contributed by atoms with van der Waals surface area (Å²) in [4.78, 5) is 25.0. The van der Waals surface area contributed by atoms with Crippen LogP contribution in [0.5, 0.6) is 5.75 Å². The van der Waals surface area contributed by atoms with Gasteiger partial charge in [0.05, 0.1) is 12.6 Å². The van der Waals surface area contributed by atoms with E-state index < -0.39 is 35.8 Å². The topological polar surface area (TPSA) is 85.2 Å². The van der Waals surface area contributed by atoms with Crippen LogP contribution in [-0.4, -0.2) is 28.0 Å². The van der Waals surface area contributed by atoms with Crippen molar-refractivity contribution in [2.75, 3.05) is 10.6 Å². The van der Waals surface area contributed by atoms with Crippen LogP contribution in [-0.2, 0) is 9.59 Å². The summed E-state index contributed by atoms with van der Waals surface area (Å²) in [5.74, 6) is -1.55. The zero-order chi connectivity index (χ0) is 22.2. The SMILES string of the molecule is O=C1C[C@@H](C(=O)Nc2ccc(OC(F)(F)F)cc2)n2ncc(-c3ccc(F)cc3)c2N1. The molecule has 160 valence electrons. The van der Waals surface area contributed by atoms with Crippen LogP contribution >= 0.6 is 0 Å². The van der Waals surface area contributed by atoms with Crippen molar-refractivity contribution >= 4 is 23.3 Å². The Morgan fingerprint density at radius 1 is 1.13 bits per heavy atom. The number of hydrogen-bond donors (Lipinski definition) is 2. The van der Waals surface area contributed by atoms with Crippen LogP contribution in [0, 0.1) is 5.82 Å². The Labute approximate surface area is 172 Å². The number of benzene rings is 2. The van der Waals surface area contributed by atoms with Gasteiger partial charge in [-0.25, -0.2) is 9.07 Å². The Hall–Kier alpha value is -3.89. The summed E-state index contributed by atoms with van der Waals surface area (Å²) in [7, 11) is 0. The third kappa shape index (κ3) is 4.49. The molecule has 0 aliphatic carbocycles. The number of nitrogens with one attached hydrogen (secondary N) is 2. The van der Waals surface area contributed by atoms with Gasteiger partial charge < -0.3 is 15.4 Å². The number of fused-ring (bicyclic) bond motifs is 1. The number of alkyl halides is 3. The largest absolute Gasteiger partial charge is 0.573 e. The first kappa shape index (κ1) is 20.4. The summed E-state index contributed by atoms with van der Waals surface area (Å²) in [5.41, 5.74) is 1.33. The standard InChI is InChI=1S/C20H14F4N4O3/c21-12-3-1-11(2-4-12)15-10-25-28-16(9-17(29)27-18(15)28)19(30)26-13-5-7-14(8-6-13)31-20(22,23)24/h1-8,10,16H,9H2,(H,26,30)(H,27,29)/t16-/m0/s1. The summed E-state index contributed by atoms with van der Waals surface area (Å²) < 4.78 is 55.1. The Morgan fingerprint density at radius 3 is 2.45 bits per heavy atom. The summed E-state index contributed by atoms with van der Waals surface area (Å²) in [6, 6.07) is 9.20. The molecule has 1 aromatic heterocycles. The molecule has 2 heterocycles. The van der Waals surface area contributed by atoms with E-state index in [1.807, 2.05) is 0 Å². The van der Waals surface area contributed by atoms with E-state index in [0.29, 0.717) is 11.1 Å². The lowest BCUT2D eigenvalue weighted by Gasteiger charge is -2.24. The third-order valence-electron chi connectivity index (χ3n) is 4.54. The molecule has 3 aromatic rings. The number of carbonyl (C=O) groups excluding carboxylic acids is 2. The van der Waals surface area contributed by atoms with E-state index >= 15 is 0 Å². The molecule has 1 atom stereocenters. The van der Waals surface area contributed by atoms with Gasteiger partial charge >= 0.3 is 6.36 Å². The van der Waals surface area contributed by atoms with Crippen LogP contribution in [0.15, 0.2) is 54.7 Å². The molecule has 7 nitrogen and oxygen atoms in total. The van der Waals surface area contributed by atoms with Crippen LogP contribution in [0.1, 0.15) is 12.5 Å². The molecular formula is C20H14F4N4O3. The van der Waals surface area contributed by atoms with Crippen molar-refractivity contribution in [3.8, 4) is 16.9 Å². The average molecular weight is 434 g/mol. The molecule has 0 bridgehead atoms. The average Bonchev–Trinajstić information content (AvgIpc) is 3.12. The van der Waals surface area contributed by atoms with Gasteiger partial charge in [0.25, 0.3) is 0 Å². The van der Waals surface area contributed by atoms with E-state index in [0.717, 1.165) is 12.1 Å². The monoisotopic (exact) mass is 434 g/mol. The molecule has 1 aliphatic heterocycles. The molecule has 2 amide bonds. The predicted molar refractivity (Wildman–Crippen MR) is 102 cm³/mol. The quantitative estimate of drug-likeness (QED) is 0.606. The molecule has 0 radical (unpaired) electrons. The number of ether oxygens (including phenoxy) is 1. The number of aromatic nitrogens is 2. The van der Waals surface area contributed by atoms with E-state index in [4.69, 9.17) is 0 Å². The van der Waals surface area contributed by atoms with Crippen LogP contribution in [0.3, 0.4) is 0 Å². The Bertz CT molecular complexity index is 1120. The van der Waals surface area contributed by atoms with E-state index in [1.165, 1.54) is 47.3 Å². The summed E-state index contributed by atoms with van der Waals surface area (Å²) in [6.45, 7) is 0. The van der Waals surface area contributed by atoms with Gasteiger partial charge in [0, 0.05) is 11.3 Å². The van der Waals surface area contributed by atoms with Crippen LogP contribution in [0.25, 0.3) is 11.1 Å². The summed E-state index contributed by atoms with van der Waals surface area (Å²) >= 11 is 0. The van der Waals surface area contributed by atoms with Gasteiger partial charge in [-0.2, -0.15) is 5.10 Å². The second-order valence-electron chi connectivity index (χ2n) is 6.69. The fraction of sp³-hybridized carbons (Fsp3) is 0.150. The van der Waals surface area contributed by atoms with Crippen molar-refractivity contribution in [3.63, 3.8) is 0 Å². The van der Waals surface area contributed by atoms with Gasteiger partial charge in [-0.3, -0.25) is 9.59 Å². The van der Waals surface area contributed by atoms with E-state index in [2.05, 4.69) is 20.5 Å². The molecule has 0 saturated heterocycles. The first-order chi connectivity index (χ1) is 14.7. The van der Waals surface area contributed by atoms with Crippen molar-refractivity contribution in [1.29, 1.82) is 0 Å². The summed E-state index contributed by atoms with van der Waals surface area (Å²) in [5, 5.41) is 9.41. The minimum absolute atomic E-state index is 0.182. The van der Waals surface area contributed by atoms with Crippen molar-refractivity contribution in [1.82, 2.24) is 9.78 Å². The number of amides is 2. The Kier molecular flexibility index (Phi) is 5.09. The van der Waals surface area contributed by atoms with Gasteiger partial charge in [0.2, 0.25) is 11.8 Å². The predicted octanol–water partition coefficient (Wildman–Crippen LogP) is 4.11. The minimum Gasteiger partial charge on any atom is -0.406 e. The van der Waals surface area contributed by atoms with Gasteiger partial charge in [0.15, 0.2) is 0 Å². The molecule has 0 unspecified atom stereocenters. The minimum atomic E-state index is -4.82. The van der Waals surface area contributed by atoms with Crippen molar-refractivity contribution in [3.05, 3.63) is 60.5 Å². The van der Waals surface area contributed by atoms with E-state index in [-0.39, 0.29) is 17.9 Å². The van der Waals surface area contributed by atoms with Gasteiger partial charge in [0.1, 0.15) is 23.4 Å². The van der Waals surface area contributed by atoms with Gasteiger partial charge in [-0.05, 0) is 42.0 Å². The number of hydrogen-bond acceptors (Lipinski definition) is 4. The Balaban J connectivity index is 1.55. The maximum atomic E-state index is 13.2. The molecule has 0 spiro atoms. The van der Waals surface area contributed by atoms with Crippen LogP contribution in [0.4, 0.5) is 29.1 Å². The fourth-order valence-corrected chi connectivity index (χ4v) is 3.18. The number of carbonyl (C=O) groups is 2. The lowest BCUT2D eigenvalue weighted by molar-refractivity contribution is -0.274. The van der Waals surface area contributed by atoms with Crippen molar-refractivity contribution < 1.29 is 31.9 Å². The maximum absolute atomic E-state index is 13.2. The first-order valence-electron chi connectivity index (χ1n) is 8.99. The zero-order valence-corrected chi connectivity index (χ0v) is 15.6. The van der Waals surface area contributed by atoms with Crippen molar-refractivity contribution in [2.24, 2.45) is 0 Å². The smallest absolute Gasteiger partial charge is 0.406 e. The number of halogens is 4. The number of rotatable bonds is 4. The normalized spacial score (nSPS) is 15.7. The molecule has 11 heteroatoms. The lowest BCUT2D eigenvalue weighted by Crippen LogP contribution is -2.35. The molecule has 4 rings (SSSR count). The second-order valence-corrected chi connectivity index (χ2v) is 6.69. The van der Waals surface area contributed by atoms with Crippen LogP contribution in [0.2, 0.25) is 0 Å². The highest BCUT2D eigenvalue weighted by Crippen LogP contribution is 2.34. The molecule has 2 aromatic carbocycles. The molecule has 0 saturated carbocycles. The molecule has 2 N–H and O–H groups in total. The highest BCUT2D eigenvalue weighted by Gasteiger charge is 2.33. The van der Waals surface area contributed by atoms with Crippen LogP contribution < -0.4 is 15.4 Å². The maximum Gasteiger partial charge on any atom is 0.573 e. The first-order valence-corrected chi connectivity index (χ1v) is 8.99. The van der Waals surface area contributed by atoms with Gasteiger partial charge in [-0.15, -0.1) is 13.2 Å². The third-order valence-corrected chi connectivity index (χ3v) is 4.54. The number of anilines is 2. The molecule has 0 fully saturated rings. The highest BCUT2D eigenvalue weighted by atomic mass is 19.4. The van der Waals surface area contributed by atoms with E-state index in [9.17, 15) is 27.2 Å². The molecular weight excluding hydrogens is 420 g/mol. The zero-order valence-electron chi connectivity index (χ0n) is 15.6. The number of nitrogens with zero attached hydrogens (tertiary/aromatic N) is 2. The van der Waals surface area contributed by atoms with Crippen molar-refractivity contribution in [2.45, 2.75) is 18.8 Å². The fourth-order valence-electron chi connectivity index (χ4n) is 3.18. The second kappa shape index (κ2) is 7.74. The highest BCUT2D eigenvalue weighted by molar-refractivity contribution is 6.03. The Morgan fingerprint density at radius 2 is 1.81 bits per heavy atom. The molecule has 31 heavy (non-hydrogen) atoms. The lowest BCUT2D eigenvalue weighted by atomic mass is 10.1. The van der Waals surface area contributed by atoms with Gasteiger partial charge in [-0.1, -0.05) is 12.1 Å². The summed E-state index contributed by atoms with van der Waals surface area (Å²) in [6.07, 6.45) is -3.55. The van der Waals surface area contributed by atoms with E-state index in [1.54, 1.807) is 0 Å².